The number of hydrogen-bond donors (Lipinski definition) is 1. The van der Waals surface area contributed by atoms with Crippen LogP contribution in [-0.4, -0.2) is 42.6 Å². The number of ether oxygens (including phenoxy) is 2. The Kier molecular flexibility index (Phi) is 4.93. The molecule has 0 aliphatic carbocycles. The first-order valence-electron chi connectivity index (χ1n) is 8.74. The van der Waals surface area contributed by atoms with Crippen LogP contribution in [0.3, 0.4) is 0 Å². The molecule has 3 aromatic rings. The highest BCUT2D eigenvalue weighted by Gasteiger charge is 2.27. The van der Waals surface area contributed by atoms with E-state index in [-0.39, 0.29) is 5.56 Å². The van der Waals surface area contributed by atoms with Gasteiger partial charge < -0.3 is 18.8 Å². The van der Waals surface area contributed by atoms with Gasteiger partial charge in [-0.05, 0) is 12.1 Å². The Hall–Kier alpha value is -3.40. The van der Waals surface area contributed by atoms with Gasteiger partial charge in [-0.2, -0.15) is 0 Å². The second kappa shape index (κ2) is 7.55. The second-order valence-corrected chi connectivity index (χ2v) is 7.39. The first-order chi connectivity index (χ1) is 14.0. The Morgan fingerprint density at radius 1 is 1.31 bits per heavy atom. The van der Waals surface area contributed by atoms with E-state index in [0.29, 0.717) is 41.4 Å². The molecular weight excluding hydrogens is 398 g/mol. The number of methoxy groups -OCH3 is 2. The molecule has 0 atom stereocenters. The molecule has 3 heterocycles. The van der Waals surface area contributed by atoms with Gasteiger partial charge >= 0.3 is 11.7 Å². The summed E-state index contributed by atoms with van der Waals surface area (Å²) in [5.41, 5.74) is 0.376. The van der Waals surface area contributed by atoms with E-state index in [1.807, 2.05) is 0 Å². The van der Waals surface area contributed by atoms with Gasteiger partial charge in [0.05, 0.1) is 26.5 Å². The van der Waals surface area contributed by atoms with Crippen LogP contribution >= 0.6 is 11.3 Å². The maximum atomic E-state index is 13.0. The molecule has 1 aliphatic heterocycles. The van der Waals surface area contributed by atoms with E-state index in [1.54, 1.807) is 23.1 Å². The van der Waals surface area contributed by atoms with Crippen molar-refractivity contribution >= 4 is 39.4 Å². The number of fused-ring (bicyclic) bond motifs is 2. The Balaban J connectivity index is 1.60. The molecule has 150 valence electrons. The van der Waals surface area contributed by atoms with E-state index in [0.717, 1.165) is 10.6 Å². The predicted molar refractivity (Wildman–Crippen MR) is 106 cm³/mol. The van der Waals surface area contributed by atoms with E-state index in [9.17, 15) is 14.4 Å². The lowest BCUT2D eigenvalue weighted by molar-refractivity contribution is 0.0732. The topological polar surface area (TPSA) is 111 Å². The fourth-order valence-corrected chi connectivity index (χ4v) is 4.17. The average molecular weight is 415 g/mol. The molecule has 0 saturated heterocycles. The number of carbonyl (C=O) groups is 2. The number of para-hydroxylation sites is 1. The smallest absolute Gasteiger partial charge is 0.413 e. The molecule has 10 heteroatoms. The third-order valence-corrected chi connectivity index (χ3v) is 5.58. The number of benzene rings is 1. The number of nitrogens with one attached hydrogen (secondary N) is 1. The third kappa shape index (κ3) is 3.54. The molecule has 0 radical (unpaired) electrons. The maximum Gasteiger partial charge on any atom is 0.413 e. The van der Waals surface area contributed by atoms with Crippen molar-refractivity contribution < 1.29 is 23.5 Å². The number of amides is 2. The number of aromatic nitrogens is 1. The van der Waals surface area contributed by atoms with Crippen molar-refractivity contribution in [3.8, 4) is 5.75 Å². The van der Waals surface area contributed by atoms with Gasteiger partial charge in [0.25, 0.3) is 5.91 Å². The van der Waals surface area contributed by atoms with Gasteiger partial charge in [0.2, 0.25) is 0 Å². The second-order valence-electron chi connectivity index (χ2n) is 6.31. The van der Waals surface area contributed by atoms with Crippen molar-refractivity contribution in [2.45, 2.75) is 13.0 Å². The highest BCUT2D eigenvalue weighted by atomic mass is 32.1. The van der Waals surface area contributed by atoms with E-state index in [4.69, 9.17) is 9.15 Å². The van der Waals surface area contributed by atoms with Gasteiger partial charge in [-0.3, -0.25) is 10.1 Å². The first-order valence-corrected chi connectivity index (χ1v) is 9.55. The third-order valence-electron chi connectivity index (χ3n) is 4.59. The van der Waals surface area contributed by atoms with Crippen LogP contribution in [0.2, 0.25) is 0 Å². The lowest BCUT2D eigenvalue weighted by atomic mass is 10.1. The molecule has 1 aliphatic rings. The maximum absolute atomic E-state index is 13.0. The van der Waals surface area contributed by atoms with Gasteiger partial charge in [0, 0.05) is 23.2 Å². The fraction of sp³-hybridized carbons (Fsp3) is 0.263. The van der Waals surface area contributed by atoms with Gasteiger partial charge in [-0.15, -0.1) is 0 Å². The number of nitrogens with zero attached hydrogens (tertiary/aromatic N) is 2. The summed E-state index contributed by atoms with van der Waals surface area (Å²) in [7, 11) is 2.76. The van der Waals surface area contributed by atoms with Crippen LogP contribution in [0.5, 0.6) is 5.75 Å². The van der Waals surface area contributed by atoms with Gasteiger partial charge in [0.15, 0.2) is 16.5 Å². The Morgan fingerprint density at radius 3 is 2.90 bits per heavy atom. The highest BCUT2D eigenvalue weighted by molar-refractivity contribution is 7.15. The lowest BCUT2D eigenvalue weighted by Crippen LogP contribution is -2.37. The van der Waals surface area contributed by atoms with Crippen molar-refractivity contribution in [3.05, 3.63) is 50.8 Å². The fourth-order valence-electron chi connectivity index (χ4n) is 3.16. The molecule has 4 rings (SSSR count). The standard InChI is InChI=1S/C19H17N3O6S/c1-26-13-5-3-4-10-8-11(17(24)28-15(10)13)16(23)22-7-6-12-14(9-22)29-18(20-12)21-19(25)27-2/h3-5,8H,6-7,9H2,1-2H3,(H,20,21,25). The summed E-state index contributed by atoms with van der Waals surface area (Å²) >= 11 is 1.27. The molecule has 0 fully saturated rings. The van der Waals surface area contributed by atoms with Crippen LogP contribution < -0.4 is 15.7 Å². The minimum Gasteiger partial charge on any atom is -0.493 e. The summed E-state index contributed by atoms with van der Waals surface area (Å²) in [5, 5.41) is 3.55. The number of carbonyl (C=O) groups excluding carboxylic acids is 2. The van der Waals surface area contributed by atoms with Gasteiger partial charge in [-0.1, -0.05) is 23.5 Å². The number of thiazole rings is 1. The van der Waals surface area contributed by atoms with E-state index < -0.39 is 17.6 Å². The molecular formula is C19H17N3O6S. The van der Waals surface area contributed by atoms with Crippen molar-refractivity contribution in [1.82, 2.24) is 9.88 Å². The number of anilines is 1. The van der Waals surface area contributed by atoms with Crippen LogP contribution in [0.4, 0.5) is 9.93 Å². The van der Waals surface area contributed by atoms with Crippen LogP contribution in [0.1, 0.15) is 20.9 Å². The SMILES string of the molecule is COC(=O)Nc1nc2c(s1)CN(C(=O)c1cc3cccc(OC)c3oc1=O)CC2. The van der Waals surface area contributed by atoms with Crippen molar-refractivity contribution in [1.29, 1.82) is 0 Å². The van der Waals surface area contributed by atoms with Gasteiger partial charge in [-0.25, -0.2) is 14.6 Å². The molecule has 0 spiro atoms. The van der Waals surface area contributed by atoms with Crippen LogP contribution in [0.25, 0.3) is 11.0 Å². The zero-order valence-corrected chi connectivity index (χ0v) is 16.5. The molecule has 0 unspecified atom stereocenters. The van der Waals surface area contributed by atoms with Crippen molar-refractivity contribution in [2.75, 3.05) is 26.1 Å². The van der Waals surface area contributed by atoms with E-state index >= 15 is 0 Å². The summed E-state index contributed by atoms with van der Waals surface area (Å²) in [4.78, 5) is 43.6. The van der Waals surface area contributed by atoms with Crippen LogP contribution in [0, 0.1) is 0 Å². The molecule has 0 bridgehead atoms. The quantitative estimate of drug-likeness (QED) is 0.655. The molecule has 1 N–H and O–H groups in total. The monoisotopic (exact) mass is 415 g/mol. The summed E-state index contributed by atoms with van der Waals surface area (Å²) in [5.74, 6) is 0.0153. The Labute approximate surface area is 168 Å². The zero-order chi connectivity index (χ0) is 20.5. The molecule has 0 saturated carbocycles. The normalized spacial score (nSPS) is 13.1. The predicted octanol–water partition coefficient (Wildman–Crippen LogP) is 2.63. The summed E-state index contributed by atoms with van der Waals surface area (Å²) in [6.07, 6.45) is -0.0825. The summed E-state index contributed by atoms with van der Waals surface area (Å²) < 4.78 is 15.1. The lowest BCUT2D eigenvalue weighted by Gasteiger charge is -2.25. The average Bonchev–Trinajstić information content (AvgIpc) is 3.13. The van der Waals surface area contributed by atoms with Crippen molar-refractivity contribution in [2.24, 2.45) is 0 Å². The largest absolute Gasteiger partial charge is 0.493 e. The zero-order valence-electron chi connectivity index (χ0n) is 15.7. The Bertz CT molecular complexity index is 1170. The minimum atomic E-state index is -0.713. The van der Waals surface area contributed by atoms with Crippen LogP contribution in [-0.2, 0) is 17.7 Å². The summed E-state index contributed by atoms with van der Waals surface area (Å²) in [6.45, 7) is 0.701. The Morgan fingerprint density at radius 2 is 2.14 bits per heavy atom. The first kappa shape index (κ1) is 18.9. The molecule has 9 nitrogen and oxygen atoms in total. The number of hydrogen-bond acceptors (Lipinski definition) is 8. The number of rotatable bonds is 3. The summed E-state index contributed by atoms with van der Waals surface area (Å²) in [6, 6.07) is 6.72. The van der Waals surface area contributed by atoms with Crippen molar-refractivity contribution in [3.63, 3.8) is 0 Å². The van der Waals surface area contributed by atoms with E-state index in [2.05, 4.69) is 15.0 Å². The molecule has 1 aromatic carbocycles. The highest BCUT2D eigenvalue weighted by Crippen LogP contribution is 2.30. The molecule has 2 amide bonds. The van der Waals surface area contributed by atoms with Gasteiger partial charge in [0.1, 0.15) is 5.56 Å². The minimum absolute atomic E-state index is 0.0355. The van der Waals surface area contributed by atoms with Crippen LogP contribution in [0.15, 0.2) is 33.5 Å². The molecule has 2 aromatic heterocycles. The molecule has 29 heavy (non-hydrogen) atoms. The van der Waals surface area contributed by atoms with E-state index in [1.165, 1.54) is 31.6 Å².